The van der Waals surface area contributed by atoms with E-state index in [0.29, 0.717) is 40.3 Å². The van der Waals surface area contributed by atoms with Crippen molar-refractivity contribution in [3.05, 3.63) is 93.2 Å². The largest absolute Gasteiger partial charge is 0.493 e. The summed E-state index contributed by atoms with van der Waals surface area (Å²) in [6.07, 6.45) is 0. The van der Waals surface area contributed by atoms with Crippen LogP contribution in [0.5, 0.6) is 11.5 Å². The Labute approximate surface area is 196 Å². The molecule has 8 heteroatoms. The molecule has 3 aromatic carbocycles. The number of methoxy groups -OCH3 is 1. The van der Waals surface area contributed by atoms with Crippen LogP contribution in [0.25, 0.3) is 11.4 Å². The lowest BCUT2D eigenvalue weighted by atomic mass is 10.1. The number of aryl methyl sites for hydroxylation is 1. The normalized spacial score (nSPS) is 10.7. The minimum Gasteiger partial charge on any atom is -0.493 e. The van der Waals surface area contributed by atoms with E-state index >= 15 is 0 Å². The van der Waals surface area contributed by atoms with E-state index < -0.39 is 0 Å². The monoisotopic (exact) mass is 466 g/mol. The summed E-state index contributed by atoms with van der Waals surface area (Å²) < 4.78 is 13.8. The van der Waals surface area contributed by atoms with Gasteiger partial charge in [-0.15, -0.1) is 0 Å². The van der Waals surface area contributed by atoms with Crippen molar-refractivity contribution < 1.29 is 9.47 Å². The van der Waals surface area contributed by atoms with Gasteiger partial charge < -0.3 is 14.9 Å². The predicted molar refractivity (Wildman–Crippen MR) is 129 cm³/mol. The van der Waals surface area contributed by atoms with Gasteiger partial charge in [0.25, 0.3) is 0 Å². The number of halogens is 1. The first kappa shape index (κ1) is 21.9. The highest BCUT2D eigenvalue weighted by molar-refractivity contribution is 7.71. The number of ether oxygens (including phenoxy) is 2. The van der Waals surface area contributed by atoms with Crippen LogP contribution in [0, 0.1) is 11.7 Å². The summed E-state index contributed by atoms with van der Waals surface area (Å²) in [7, 11) is 1.61. The molecule has 0 aliphatic carbocycles. The van der Waals surface area contributed by atoms with E-state index in [2.05, 4.69) is 28.6 Å². The lowest BCUT2D eigenvalue weighted by molar-refractivity contribution is 0.284. The average Bonchev–Trinajstić information content (AvgIpc) is 3.18. The van der Waals surface area contributed by atoms with Gasteiger partial charge >= 0.3 is 0 Å². The van der Waals surface area contributed by atoms with Crippen molar-refractivity contribution in [1.29, 1.82) is 0 Å². The molecule has 0 radical (unpaired) electrons. The van der Waals surface area contributed by atoms with E-state index in [1.54, 1.807) is 17.9 Å². The van der Waals surface area contributed by atoms with Gasteiger partial charge in [0.2, 0.25) is 4.77 Å². The zero-order valence-corrected chi connectivity index (χ0v) is 19.3. The number of rotatable bonds is 8. The summed E-state index contributed by atoms with van der Waals surface area (Å²) in [4.78, 5) is 0. The number of hydrogen-bond donors (Lipinski definition) is 2. The van der Waals surface area contributed by atoms with Crippen molar-refractivity contribution in [2.45, 2.75) is 20.1 Å². The van der Waals surface area contributed by atoms with E-state index in [9.17, 15) is 0 Å². The third-order valence-corrected chi connectivity index (χ3v) is 5.73. The highest BCUT2D eigenvalue weighted by Crippen LogP contribution is 2.34. The van der Waals surface area contributed by atoms with Crippen LogP contribution in [0.1, 0.15) is 16.7 Å². The van der Waals surface area contributed by atoms with Crippen LogP contribution in [0.15, 0.2) is 66.7 Å². The molecular weight excluding hydrogens is 444 g/mol. The number of aromatic nitrogens is 3. The number of nitrogens with one attached hydrogen (secondary N) is 2. The fourth-order valence-electron chi connectivity index (χ4n) is 3.30. The molecule has 0 atom stereocenters. The van der Waals surface area contributed by atoms with Crippen molar-refractivity contribution in [3.63, 3.8) is 0 Å². The van der Waals surface area contributed by atoms with Gasteiger partial charge in [-0.05, 0) is 41.9 Å². The molecule has 1 heterocycles. The lowest BCUT2D eigenvalue weighted by Crippen LogP contribution is -2.16. The predicted octanol–water partition coefficient (Wildman–Crippen LogP) is 5.90. The minimum atomic E-state index is 0.418. The van der Waals surface area contributed by atoms with Gasteiger partial charge in [-0.2, -0.15) is 5.10 Å². The Hall–Kier alpha value is -3.29. The molecule has 164 valence electrons. The van der Waals surface area contributed by atoms with Gasteiger partial charge in [-0.1, -0.05) is 66.2 Å². The Balaban J connectivity index is 1.53. The Morgan fingerprint density at radius 2 is 1.78 bits per heavy atom. The van der Waals surface area contributed by atoms with Crippen molar-refractivity contribution >= 4 is 23.8 Å². The Morgan fingerprint density at radius 1 is 1.03 bits per heavy atom. The lowest BCUT2D eigenvalue weighted by Gasteiger charge is -2.16. The number of hydrogen-bond acceptors (Lipinski definition) is 5. The molecule has 0 aliphatic heterocycles. The molecule has 0 spiro atoms. The maximum absolute atomic E-state index is 6.57. The van der Waals surface area contributed by atoms with Gasteiger partial charge in [0.05, 0.1) is 13.7 Å². The number of benzene rings is 3. The summed E-state index contributed by atoms with van der Waals surface area (Å²) in [5.41, 5.74) is 7.35. The molecule has 0 amide bonds. The van der Waals surface area contributed by atoms with Crippen LogP contribution in [0.2, 0.25) is 5.02 Å². The highest BCUT2D eigenvalue weighted by atomic mass is 35.5. The fraction of sp³-hybridized carbons (Fsp3) is 0.167. The molecule has 32 heavy (non-hydrogen) atoms. The molecule has 0 bridgehead atoms. The zero-order valence-electron chi connectivity index (χ0n) is 17.8. The second kappa shape index (κ2) is 9.89. The van der Waals surface area contributed by atoms with Crippen LogP contribution >= 0.6 is 23.8 Å². The molecule has 0 fully saturated rings. The smallest absolute Gasteiger partial charge is 0.214 e. The molecule has 0 unspecified atom stereocenters. The number of nitrogens with zero attached hydrogens (tertiary/aromatic N) is 2. The molecule has 0 saturated heterocycles. The molecule has 4 rings (SSSR count). The van der Waals surface area contributed by atoms with Crippen LogP contribution in [-0.2, 0) is 13.2 Å². The van der Waals surface area contributed by atoms with Crippen LogP contribution in [0.4, 0.5) is 0 Å². The molecule has 4 aromatic rings. The second-order valence-electron chi connectivity index (χ2n) is 7.20. The number of aromatic amines is 1. The molecular formula is C24H23ClN4O2S. The Kier molecular flexibility index (Phi) is 6.78. The van der Waals surface area contributed by atoms with Crippen LogP contribution in [-0.4, -0.2) is 22.0 Å². The van der Waals surface area contributed by atoms with E-state index in [0.717, 1.165) is 16.7 Å². The Morgan fingerprint density at radius 3 is 2.53 bits per heavy atom. The molecule has 6 nitrogen and oxygen atoms in total. The van der Waals surface area contributed by atoms with Gasteiger partial charge in [0, 0.05) is 16.7 Å². The maximum atomic E-state index is 6.57. The maximum Gasteiger partial charge on any atom is 0.214 e. The number of H-pyrrole nitrogens is 1. The first-order valence-corrected chi connectivity index (χ1v) is 10.9. The third-order valence-electron chi connectivity index (χ3n) is 5.11. The minimum absolute atomic E-state index is 0.418. The Bertz CT molecular complexity index is 1270. The van der Waals surface area contributed by atoms with Crippen molar-refractivity contribution in [2.75, 3.05) is 12.5 Å². The first-order chi connectivity index (χ1) is 15.6. The fourth-order valence-corrected chi connectivity index (χ4v) is 3.72. The average molecular weight is 467 g/mol. The summed E-state index contributed by atoms with van der Waals surface area (Å²) in [6, 6.07) is 21.6. The SMILES string of the molecule is COc1cc(CNn2c(-c3ccccc3)n[nH]c2=S)c(Cl)cc1OCc1ccccc1C. The van der Waals surface area contributed by atoms with E-state index in [1.807, 2.05) is 54.6 Å². The van der Waals surface area contributed by atoms with Crippen LogP contribution < -0.4 is 14.9 Å². The third kappa shape index (κ3) is 4.79. The summed E-state index contributed by atoms with van der Waals surface area (Å²) in [5, 5.41) is 7.73. The standard InChI is InChI=1S/C24H23ClN4O2S/c1-16-8-6-7-11-18(16)15-31-22-13-20(25)19(12-21(22)30-2)14-26-29-23(27-28-24(29)32)17-9-4-3-5-10-17/h3-13,26H,14-15H2,1-2H3,(H,28,32). The van der Waals surface area contributed by atoms with Gasteiger partial charge in [0.1, 0.15) is 6.61 Å². The van der Waals surface area contributed by atoms with E-state index in [4.69, 9.17) is 33.3 Å². The quantitative estimate of drug-likeness (QED) is 0.316. The summed E-state index contributed by atoms with van der Waals surface area (Å²) >= 11 is 12.0. The summed E-state index contributed by atoms with van der Waals surface area (Å²) in [6.45, 7) is 2.91. The van der Waals surface area contributed by atoms with Gasteiger partial charge in [-0.3, -0.25) is 0 Å². The molecule has 0 saturated carbocycles. The van der Waals surface area contributed by atoms with Crippen LogP contribution in [0.3, 0.4) is 0 Å². The molecule has 0 aliphatic rings. The zero-order chi connectivity index (χ0) is 22.5. The van der Waals surface area contributed by atoms with Crippen molar-refractivity contribution in [2.24, 2.45) is 0 Å². The molecule has 2 N–H and O–H groups in total. The first-order valence-electron chi connectivity index (χ1n) is 10.1. The highest BCUT2D eigenvalue weighted by Gasteiger charge is 2.13. The van der Waals surface area contributed by atoms with Crippen molar-refractivity contribution in [3.8, 4) is 22.9 Å². The topological polar surface area (TPSA) is 64.1 Å². The molecule has 1 aromatic heterocycles. The summed E-state index contributed by atoms with van der Waals surface area (Å²) in [5.74, 6) is 1.89. The van der Waals surface area contributed by atoms with Gasteiger partial charge in [0.15, 0.2) is 17.3 Å². The second-order valence-corrected chi connectivity index (χ2v) is 7.99. The van der Waals surface area contributed by atoms with E-state index in [1.165, 1.54) is 5.56 Å². The van der Waals surface area contributed by atoms with Crippen molar-refractivity contribution in [1.82, 2.24) is 14.9 Å². The van der Waals surface area contributed by atoms with E-state index in [-0.39, 0.29) is 0 Å². The van der Waals surface area contributed by atoms with Gasteiger partial charge in [-0.25, -0.2) is 9.77 Å².